The third-order valence-corrected chi connectivity index (χ3v) is 1.05. The van der Waals surface area contributed by atoms with Gasteiger partial charge in [0.1, 0.15) is 0 Å². The molecule has 1 nitrogen and oxygen atoms in total. The second-order valence-corrected chi connectivity index (χ2v) is 1.87. The van der Waals surface area contributed by atoms with Crippen LogP contribution in [0.3, 0.4) is 0 Å². The van der Waals surface area contributed by atoms with E-state index in [9.17, 15) is 22.0 Å². The van der Waals surface area contributed by atoms with Crippen LogP contribution in [0.5, 0.6) is 0 Å². The van der Waals surface area contributed by atoms with Gasteiger partial charge < -0.3 is 0 Å². The van der Waals surface area contributed by atoms with Crippen LogP contribution in [0.2, 0.25) is 0 Å². The number of hydrogen-bond donors (Lipinski definition) is 0. The maximum absolute atomic E-state index is 11.5. The van der Waals surface area contributed by atoms with Crippen molar-refractivity contribution >= 4 is 15.9 Å². The van der Waals surface area contributed by atoms with Gasteiger partial charge in [0.25, 0.3) is 0 Å². The molecular weight excluding hydrogens is 227 g/mol. The molecule has 0 saturated carbocycles. The van der Waals surface area contributed by atoms with Crippen molar-refractivity contribution in [3.8, 4) is 0 Å². The van der Waals surface area contributed by atoms with Crippen LogP contribution in [0.1, 0.15) is 1.37 Å². The van der Waals surface area contributed by atoms with Crippen LogP contribution in [-0.4, -0.2) is 17.8 Å². The number of alkyl halides is 6. The highest BCUT2D eigenvalue weighted by Gasteiger charge is 2.40. The van der Waals surface area contributed by atoms with Crippen LogP contribution >= 0.6 is 15.9 Å². The first-order chi connectivity index (χ1) is 4.67. The van der Waals surface area contributed by atoms with Crippen LogP contribution in [-0.2, 0) is 4.74 Å². The summed E-state index contributed by atoms with van der Waals surface area (Å²) in [6.45, 7) is -3.64. The van der Waals surface area contributed by atoms with E-state index < -0.39 is 17.8 Å². The van der Waals surface area contributed by atoms with E-state index in [1.54, 1.807) is 15.9 Å². The van der Waals surface area contributed by atoms with E-state index in [2.05, 4.69) is 4.74 Å². The quantitative estimate of drug-likeness (QED) is 0.523. The fourth-order valence-electron chi connectivity index (χ4n) is 0.145. The van der Waals surface area contributed by atoms with E-state index in [1.807, 2.05) is 0 Å². The zero-order chi connectivity index (χ0) is 9.28. The van der Waals surface area contributed by atoms with Crippen molar-refractivity contribution in [2.24, 2.45) is 0 Å². The van der Waals surface area contributed by atoms with E-state index in [-0.39, 0.29) is 0 Å². The molecule has 0 saturated heterocycles. The first-order valence-corrected chi connectivity index (χ1v) is 2.68. The molecule has 0 aromatic rings. The lowest BCUT2D eigenvalue weighted by Crippen LogP contribution is -2.27. The Bertz CT molecular complexity index is 134. The highest BCUT2D eigenvalue weighted by molar-refractivity contribution is 9.09. The summed E-state index contributed by atoms with van der Waals surface area (Å²) in [5.41, 5.74) is 0. The standard InChI is InChI=1S/C3H2BrF5O/c4-1(3(7,8)9)10-2(5)6/h1-2H/i1D. The van der Waals surface area contributed by atoms with Gasteiger partial charge in [-0.1, -0.05) is 0 Å². The van der Waals surface area contributed by atoms with Crippen molar-refractivity contribution < 1.29 is 28.1 Å². The van der Waals surface area contributed by atoms with Crippen molar-refractivity contribution in [2.45, 2.75) is 17.8 Å². The molecule has 10 heavy (non-hydrogen) atoms. The fraction of sp³-hybridized carbons (Fsp3) is 1.00. The second-order valence-electron chi connectivity index (χ2n) is 1.15. The van der Waals surface area contributed by atoms with Crippen molar-refractivity contribution in [2.75, 3.05) is 0 Å². The largest absolute Gasteiger partial charge is 0.424 e. The topological polar surface area (TPSA) is 9.23 Å². The zero-order valence-electron chi connectivity index (χ0n) is 5.25. The van der Waals surface area contributed by atoms with Gasteiger partial charge in [-0.15, -0.1) is 0 Å². The average molecular weight is 230 g/mol. The third-order valence-electron chi connectivity index (χ3n) is 0.415. The Morgan fingerprint density at radius 3 is 1.90 bits per heavy atom. The molecule has 0 rings (SSSR count). The smallest absolute Gasteiger partial charge is 0.298 e. The first kappa shape index (κ1) is 8.19. The van der Waals surface area contributed by atoms with Crippen LogP contribution < -0.4 is 0 Å². The molecular formula is C3H2BrF5O. The molecule has 1 unspecified atom stereocenters. The van der Waals surface area contributed by atoms with E-state index in [0.29, 0.717) is 0 Å². The van der Waals surface area contributed by atoms with Gasteiger partial charge in [-0.3, -0.25) is 4.74 Å². The van der Waals surface area contributed by atoms with Crippen LogP contribution in [0.15, 0.2) is 0 Å². The van der Waals surface area contributed by atoms with E-state index in [4.69, 9.17) is 1.37 Å². The molecule has 7 heteroatoms. The minimum atomic E-state index is -5.19. The van der Waals surface area contributed by atoms with Crippen molar-refractivity contribution in [3.63, 3.8) is 0 Å². The highest BCUT2D eigenvalue weighted by Crippen LogP contribution is 2.28. The molecule has 0 spiro atoms. The third kappa shape index (κ3) is 3.99. The van der Waals surface area contributed by atoms with E-state index in [1.165, 1.54) is 0 Å². The summed E-state index contributed by atoms with van der Waals surface area (Å²) in [5, 5.41) is 0. The Balaban J connectivity index is 4.22. The lowest BCUT2D eigenvalue weighted by Gasteiger charge is -2.13. The summed E-state index contributed by atoms with van der Waals surface area (Å²) in [6.07, 6.45) is -5.19. The van der Waals surface area contributed by atoms with Crippen molar-refractivity contribution in [1.29, 1.82) is 0 Å². The Labute approximate surface area is 62.7 Å². The summed E-state index contributed by atoms with van der Waals surface area (Å²) < 4.78 is 66.0. The number of rotatable bonds is 2. The molecule has 0 aliphatic heterocycles. The summed E-state index contributed by atoms with van der Waals surface area (Å²) >= 11 is 1.64. The Kier molecular flexibility index (Phi) is 2.84. The molecule has 0 aliphatic carbocycles. The molecule has 1 atom stereocenters. The predicted octanol–water partition coefficient (Wildman–Crippen LogP) is 2.51. The van der Waals surface area contributed by atoms with Crippen LogP contribution in [0.25, 0.3) is 0 Å². The van der Waals surface area contributed by atoms with Gasteiger partial charge in [-0.05, 0) is 15.9 Å². The Morgan fingerprint density at radius 2 is 1.80 bits per heavy atom. The SMILES string of the molecule is [2H]C(Br)(OC(F)F)C(F)(F)F. The molecule has 0 aromatic carbocycles. The van der Waals surface area contributed by atoms with Gasteiger partial charge in [0.15, 0.2) is 0 Å². The average Bonchev–Trinajstić information content (AvgIpc) is 1.56. The lowest BCUT2D eigenvalue weighted by atomic mass is 10.7. The van der Waals surface area contributed by atoms with Gasteiger partial charge in [-0.2, -0.15) is 22.0 Å². The summed E-state index contributed by atoms with van der Waals surface area (Å²) in [5.74, 6) is 0. The Morgan fingerprint density at radius 1 is 1.40 bits per heavy atom. The first-order valence-electron chi connectivity index (χ1n) is 2.38. The zero-order valence-corrected chi connectivity index (χ0v) is 5.84. The number of halogens is 6. The van der Waals surface area contributed by atoms with Gasteiger partial charge >= 0.3 is 12.8 Å². The van der Waals surface area contributed by atoms with Crippen LogP contribution in [0, 0.1) is 0 Å². The van der Waals surface area contributed by atoms with Crippen molar-refractivity contribution in [3.05, 3.63) is 0 Å². The van der Waals surface area contributed by atoms with E-state index >= 15 is 0 Å². The normalized spacial score (nSPS) is 20.5. The molecule has 0 N–H and O–H groups in total. The van der Waals surface area contributed by atoms with Crippen LogP contribution in [0.4, 0.5) is 22.0 Å². The van der Waals surface area contributed by atoms with Crippen molar-refractivity contribution in [1.82, 2.24) is 0 Å². The number of hydrogen-bond acceptors (Lipinski definition) is 1. The maximum atomic E-state index is 11.5. The maximum Gasteiger partial charge on any atom is 0.424 e. The molecule has 0 aromatic heterocycles. The van der Waals surface area contributed by atoms with Gasteiger partial charge in [0, 0.05) is 0 Å². The monoisotopic (exact) mass is 229 g/mol. The Hall–Kier alpha value is 0.0900. The van der Waals surface area contributed by atoms with Gasteiger partial charge in [0.2, 0.25) is 4.99 Å². The molecule has 62 valence electrons. The summed E-state index contributed by atoms with van der Waals surface area (Å²) in [4.78, 5) is -3.73. The van der Waals surface area contributed by atoms with Gasteiger partial charge in [-0.25, -0.2) is 0 Å². The highest BCUT2D eigenvalue weighted by atomic mass is 79.9. The minimum Gasteiger partial charge on any atom is -0.298 e. The molecule has 0 amide bonds. The molecule has 0 aliphatic rings. The molecule has 0 fully saturated rings. The van der Waals surface area contributed by atoms with E-state index in [0.717, 1.165) is 0 Å². The molecule has 0 bridgehead atoms. The molecule has 0 heterocycles. The second kappa shape index (κ2) is 3.47. The predicted molar refractivity (Wildman–Crippen MR) is 25.9 cm³/mol. The summed E-state index contributed by atoms with van der Waals surface area (Å²) in [6, 6.07) is 0. The fourth-order valence-corrected chi connectivity index (χ4v) is 0.286. The van der Waals surface area contributed by atoms with Gasteiger partial charge in [0.05, 0.1) is 1.37 Å². The minimum absolute atomic E-state index is 1.64. The number of ether oxygens (including phenoxy) is 1. The summed E-state index contributed by atoms with van der Waals surface area (Å²) in [7, 11) is 0. The lowest BCUT2D eigenvalue weighted by molar-refractivity contribution is -0.240. The molecule has 0 radical (unpaired) electrons.